The molecule has 0 heterocycles. The van der Waals surface area contributed by atoms with Crippen molar-refractivity contribution >= 4 is 5.97 Å². The zero-order valence-corrected chi connectivity index (χ0v) is 11.4. The van der Waals surface area contributed by atoms with Crippen LogP contribution in [-0.4, -0.2) is 34.3 Å². The van der Waals surface area contributed by atoms with Crippen LogP contribution in [0.15, 0.2) is 18.2 Å². The van der Waals surface area contributed by atoms with Crippen molar-refractivity contribution in [2.24, 2.45) is 0 Å². The highest BCUT2D eigenvalue weighted by Crippen LogP contribution is 2.32. The SMILES string of the molecule is CNC(C)(C(=O)OC)c1ccc(OC)c(OC)c1. The lowest BCUT2D eigenvalue weighted by atomic mass is 9.92. The van der Waals surface area contributed by atoms with E-state index in [1.807, 2.05) is 0 Å². The predicted molar refractivity (Wildman–Crippen MR) is 68.0 cm³/mol. The van der Waals surface area contributed by atoms with Crippen LogP contribution in [0, 0.1) is 0 Å². The molecule has 0 amide bonds. The van der Waals surface area contributed by atoms with Gasteiger partial charge >= 0.3 is 5.97 Å². The first-order chi connectivity index (χ1) is 8.53. The molecule has 1 aromatic carbocycles. The largest absolute Gasteiger partial charge is 0.493 e. The van der Waals surface area contributed by atoms with Crippen molar-refractivity contribution in [2.45, 2.75) is 12.5 Å². The molecule has 5 heteroatoms. The van der Waals surface area contributed by atoms with Gasteiger partial charge in [-0.3, -0.25) is 0 Å². The molecule has 18 heavy (non-hydrogen) atoms. The minimum atomic E-state index is -0.922. The van der Waals surface area contributed by atoms with Crippen molar-refractivity contribution in [3.63, 3.8) is 0 Å². The second kappa shape index (κ2) is 5.73. The number of hydrogen-bond acceptors (Lipinski definition) is 5. The van der Waals surface area contributed by atoms with Gasteiger partial charge in [0.05, 0.1) is 21.3 Å². The predicted octanol–water partition coefficient (Wildman–Crippen LogP) is 1.31. The lowest BCUT2D eigenvalue weighted by Crippen LogP contribution is -2.45. The average molecular weight is 253 g/mol. The fourth-order valence-electron chi connectivity index (χ4n) is 1.72. The van der Waals surface area contributed by atoms with E-state index in [0.717, 1.165) is 5.56 Å². The molecule has 0 aromatic heterocycles. The number of hydrogen-bond donors (Lipinski definition) is 1. The molecule has 0 bridgehead atoms. The molecular formula is C13H19NO4. The van der Waals surface area contributed by atoms with Gasteiger partial charge < -0.3 is 19.5 Å². The van der Waals surface area contributed by atoms with Crippen LogP contribution in [0.25, 0.3) is 0 Å². The first-order valence-corrected chi connectivity index (χ1v) is 5.53. The van der Waals surface area contributed by atoms with Crippen molar-refractivity contribution in [1.29, 1.82) is 0 Å². The van der Waals surface area contributed by atoms with E-state index >= 15 is 0 Å². The van der Waals surface area contributed by atoms with Gasteiger partial charge in [0.15, 0.2) is 11.5 Å². The zero-order chi connectivity index (χ0) is 13.8. The fourth-order valence-corrected chi connectivity index (χ4v) is 1.72. The van der Waals surface area contributed by atoms with Crippen LogP contribution in [-0.2, 0) is 15.1 Å². The molecule has 0 fully saturated rings. The highest BCUT2D eigenvalue weighted by molar-refractivity contribution is 5.82. The molecular weight excluding hydrogens is 234 g/mol. The van der Waals surface area contributed by atoms with E-state index in [0.29, 0.717) is 11.5 Å². The second-order valence-corrected chi connectivity index (χ2v) is 3.94. The number of esters is 1. The molecule has 0 aliphatic carbocycles. The van der Waals surface area contributed by atoms with Crippen LogP contribution >= 0.6 is 0 Å². The van der Waals surface area contributed by atoms with Gasteiger partial charge in [-0.15, -0.1) is 0 Å². The average Bonchev–Trinajstić information content (AvgIpc) is 2.44. The standard InChI is InChI=1S/C13H19NO4/c1-13(14-2,12(15)18-5)9-6-7-10(16-3)11(8-9)17-4/h6-8,14H,1-5H3. The Kier molecular flexibility index (Phi) is 4.55. The number of likely N-dealkylation sites (N-methyl/N-ethyl adjacent to an activating group) is 1. The van der Waals surface area contributed by atoms with Crippen molar-refractivity contribution < 1.29 is 19.0 Å². The van der Waals surface area contributed by atoms with E-state index < -0.39 is 5.54 Å². The molecule has 0 aliphatic rings. The molecule has 0 radical (unpaired) electrons. The van der Waals surface area contributed by atoms with Crippen molar-refractivity contribution in [2.75, 3.05) is 28.4 Å². The summed E-state index contributed by atoms with van der Waals surface area (Å²) in [6.45, 7) is 1.75. The maximum atomic E-state index is 11.9. The molecule has 1 aromatic rings. The molecule has 0 saturated carbocycles. The molecule has 1 N–H and O–H groups in total. The molecule has 1 unspecified atom stereocenters. The van der Waals surface area contributed by atoms with E-state index in [9.17, 15) is 4.79 Å². The Morgan fingerprint density at radius 1 is 1.17 bits per heavy atom. The number of benzene rings is 1. The number of carbonyl (C=O) groups is 1. The lowest BCUT2D eigenvalue weighted by Gasteiger charge is -2.27. The number of nitrogens with one attached hydrogen (secondary N) is 1. The van der Waals surface area contributed by atoms with Crippen LogP contribution in [0.5, 0.6) is 11.5 Å². The number of rotatable bonds is 5. The van der Waals surface area contributed by atoms with Gasteiger partial charge in [0, 0.05) is 0 Å². The molecule has 0 spiro atoms. The first kappa shape index (κ1) is 14.3. The number of carbonyl (C=O) groups excluding carboxylic acids is 1. The Morgan fingerprint density at radius 3 is 2.22 bits per heavy atom. The quantitative estimate of drug-likeness (QED) is 0.802. The third-order valence-electron chi connectivity index (χ3n) is 3.05. The normalized spacial score (nSPS) is 13.6. The maximum absolute atomic E-state index is 11.9. The van der Waals surface area contributed by atoms with E-state index in [1.165, 1.54) is 7.11 Å². The van der Waals surface area contributed by atoms with Crippen LogP contribution in [0.2, 0.25) is 0 Å². The van der Waals surface area contributed by atoms with Crippen LogP contribution in [0.3, 0.4) is 0 Å². The van der Waals surface area contributed by atoms with Crippen LogP contribution < -0.4 is 14.8 Å². The summed E-state index contributed by atoms with van der Waals surface area (Å²) in [5.74, 6) is 0.821. The third kappa shape index (κ3) is 2.41. The van der Waals surface area contributed by atoms with E-state index in [4.69, 9.17) is 14.2 Å². The van der Waals surface area contributed by atoms with Crippen molar-refractivity contribution in [1.82, 2.24) is 5.32 Å². The Bertz CT molecular complexity index is 433. The van der Waals surface area contributed by atoms with Crippen molar-refractivity contribution in [3.05, 3.63) is 23.8 Å². The Morgan fingerprint density at radius 2 is 1.78 bits per heavy atom. The molecule has 1 atom stereocenters. The summed E-state index contributed by atoms with van der Waals surface area (Å²) >= 11 is 0. The summed E-state index contributed by atoms with van der Waals surface area (Å²) in [5, 5.41) is 2.96. The Labute approximate surface area is 107 Å². The summed E-state index contributed by atoms with van der Waals surface area (Å²) in [5.41, 5.74) is -0.177. The summed E-state index contributed by atoms with van der Waals surface area (Å²) in [6, 6.07) is 5.31. The molecule has 1 rings (SSSR count). The highest BCUT2D eigenvalue weighted by Gasteiger charge is 2.35. The summed E-state index contributed by atoms with van der Waals surface area (Å²) in [7, 11) is 6.18. The smallest absolute Gasteiger partial charge is 0.330 e. The van der Waals surface area contributed by atoms with Crippen molar-refractivity contribution in [3.8, 4) is 11.5 Å². The topological polar surface area (TPSA) is 56.8 Å². The number of ether oxygens (including phenoxy) is 3. The van der Waals surface area contributed by atoms with E-state index in [2.05, 4.69) is 5.32 Å². The molecule has 0 aliphatic heterocycles. The highest BCUT2D eigenvalue weighted by atomic mass is 16.5. The van der Waals surface area contributed by atoms with Gasteiger partial charge in [-0.2, -0.15) is 0 Å². The minimum Gasteiger partial charge on any atom is -0.493 e. The second-order valence-electron chi connectivity index (χ2n) is 3.94. The van der Waals surface area contributed by atoms with E-state index in [1.54, 1.807) is 46.4 Å². The molecule has 5 nitrogen and oxygen atoms in total. The van der Waals surface area contributed by atoms with Gasteiger partial charge in [0.1, 0.15) is 5.54 Å². The van der Waals surface area contributed by atoms with Gasteiger partial charge in [-0.1, -0.05) is 6.07 Å². The summed E-state index contributed by atoms with van der Waals surface area (Å²) < 4.78 is 15.2. The van der Waals surface area contributed by atoms with Crippen LogP contribution in [0.1, 0.15) is 12.5 Å². The van der Waals surface area contributed by atoms with Gasteiger partial charge in [0.25, 0.3) is 0 Å². The zero-order valence-electron chi connectivity index (χ0n) is 11.4. The Balaban J connectivity index is 3.27. The monoisotopic (exact) mass is 253 g/mol. The third-order valence-corrected chi connectivity index (χ3v) is 3.05. The number of methoxy groups -OCH3 is 3. The van der Waals surface area contributed by atoms with Gasteiger partial charge in [0.2, 0.25) is 0 Å². The molecule has 0 saturated heterocycles. The summed E-state index contributed by atoms with van der Waals surface area (Å²) in [6.07, 6.45) is 0. The van der Waals surface area contributed by atoms with Gasteiger partial charge in [-0.25, -0.2) is 4.79 Å². The first-order valence-electron chi connectivity index (χ1n) is 5.53. The van der Waals surface area contributed by atoms with Gasteiger partial charge in [-0.05, 0) is 31.7 Å². The Hall–Kier alpha value is -1.75. The van der Waals surface area contributed by atoms with E-state index in [-0.39, 0.29) is 5.97 Å². The fraction of sp³-hybridized carbons (Fsp3) is 0.462. The molecule has 100 valence electrons. The summed E-state index contributed by atoms with van der Waals surface area (Å²) in [4.78, 5) is 11.9. The lowest BCUT2D eigenvalue weighted by molar-refractivity contribution is -0.148. The maximum Gasteiger partial charge on any atom is 0.330 e. The van der Waals surface area contributed by atoms with Crippen LogP contribution in [0.4, 0.5) is 0 Å². The minimum absolute atomic E-state index is 0.364.